The highest BCUT2D eigenvalue weighted by molar-refractivity contribution is 6.23. The van der Waals surface area contributed by atoms with E-state index in [1.165, 1.54) is 0 Å². The maximum Gasteiger partial charge on any atom is 0.194 e. The van der Waals surface area contributed by atoms with Crippen LogP contribution >= 0.6 is 0 Å². The maximum absolute atomic E-state index is 15.4. The van der Waals surface area contributed by atoms with Crippen molar-refractivity contribution < 1.29 is 9.18 Å². The van der Waals surface area contributed by atoms with E-state index in [2.05, 4.69) is 6.07 Å². The van der Waals surface area contributed by atoms with Gasteiger partial charge in [0.25, 0.3) is 0 Å². The first-order valence-electron chi connectivity index (χ1n) is 8.61. The first-order chi connectivity index (χ1) is 12.6. The lowest BCUT2D eigenvalue weighted by atomic mass is 9.95. The van der Waals surface area contributed by atoms with Gasteiger partial charge in [-0.1, -0.05) is 66.2 Å². The molecular formula is C24H15FO. The highest BCUT2D eigenvalue weighted by atomic mass is 19.1. The Morgan fingerprint density at radius 1 is 0.731 bits per heavy atom. The number of benzene rings is 4. The van der Waals surface area contributed by atoms with Crippen LogP contribution in [-0.2, 0) is 0 Å². The van der Waals surface area contributed by atoms with Crippen LogP contribution in [0.5, 0.6) is 0 Å². The SMILES string of the molecule is Cc1cccc(-c2ccc3cc4c(c(F)c3c2)-c2ccccc2C4=O)c1. The fraction of sp³-hybridized carbons (Fsp3) is 0.0417. The van der Waals surface area contributed by atoms with Crippen molar-refractivity contribution in [3.63, 3.8) is 0 Å². The smallest absolute Gasteiger partial charge is 0.194 e. The number of halogens is 1. The molecule has 0 heterocycles. The molecule has 0 bridgehead atoms. The summed E-state index contributed by atoms with van der Waals surface area (Å²) < 4.78 is 15.4. The van der Waals surface area contributed by atoms with E-state index in [0.717, 1.165) is 22.1 Å². The van der Waals surface area contributed by atoms with Gasteiger partial charge in [-0.05, 0) is 41.1 Å². The number of ketones is 1. The summed E-state index contributed by atoms with van der Waals surface area (Å²) in [5.74, 6) is -0.413. The van der Waals surface area contributed by atoms with Crippen LogP contribution < -0.4 is 0 Å². The van der Waals surface area contributed by atoms with Crippen molar-refractivity contribution >= 4 is 16.6 Å². The summed E-state index contributed by atoms with van der Waals surface area (Å²) in [7, 11) is 0. The van der Waals surface area contributed by atoms with E-state index in [4.69, 9.17) is 0 Å². The summed E-state index contributed by atoms with van der Waals surface area (Å²) >= 11 is 0. The van der Waals surface area contributed by atoms with Gasteiger partial charge in [-0.15, -0.1) is 0 Å². The maximum atomic E-state index is 15.4. The van der Waals surface area contributed by atoms with Gasteiger partial charge in [-0.3, -0.25) is 4.79 Å². The summed E-state index contributed by atoms with van der Waals surface area (Å²) in [5, 5.41) is 1.30. The molecule has 1 aliphatic rings. The third-order valence-corrected chi connectivity index (χ3v) is 5.12. The van der Waals surface area contributed by atoms with Crippen molar-refractivity contribution in [3.05, 3.63) is 95.3 Å². The molecule has 0 atom stereocenters. The molecule has 0 amide bonds. The molecule has 124 valence electrons. The predicted molar refractivity (Wildman–Crippen MR) is 103 cm³/mol. The summed E-state index contributed by atoms with van der Waals surface area (Å²) in [4.78, 5) is 12.6. The minimum Gasteiger partial charge on any atom is -0.289 e. The zero-order chi connectivity index (χ0) is 17.8. The molecule has 26 heavy (non-hydrogen) atoms. The van der Waals surface area contributed by atoms with E-state index >= 15 is 4.39 Å². The summed E-state index contributed by atoms with van der Waals surface area (Å²) in [6, 6.07) is 23.0. The van der Waals surface area contributed by atoms with Crippen molar-refractivity contribution in [2.45, 2.75) is 6.92 Å². The molecule has 1 nitrogen and oxygen atoms in total. The Morgan fingerprint density at radius 2 is 1.50 bits per heavy atom. The van der Waals surface area contributed by atoms with Crippen LogP contribution in [0.1, 0.15) is 21.5 Å². The van der Waals surface area contributed by atoms with Crippen LogP contribution in [0.25, 0.3) is 33.0 Å². The Bertz CT molecular complexity index is 1220. The van der Waals surface area contributed by atoms with E-state index in [0.29, 0.717) is 27.6 Å². The highest BCUT2D eigenvalue weighted by Gasteiger charge is 2.30. The highest BCUT2D eigenvalue weighted by Crippen LogP contribution is 2.42. The van der Waals surface area contributed by atoms with E-state index < -0.39 is 0 Å². The quantitative estimate of drug-likeness (QED) is 0.357. The van der Waals surface area contributed by atoms with Gasteiger partial charge in [0.1, 0.15) is 5.82 Å². The number of aryl methyl sites for hydroxylation is 1. The Labute approximate surface area is 150 Å². The lowest BCUT2D eigenvalue weighted by Gasteiger charge is -2.09. The van der Waals surface area contributed by atoms with Crippen molar-refractivity contribution in [1.29, 1.82) is 0 Å². The molecule has 0 saturated heterocycles. The second-order valence-corrected chi connectivity index (χ2v) is 6.79. The van der Waals surface area contributed by atoms with Crippen molar-refractivity contribution in [2.24, 2.45) is 0 Å². The first kappa shape index (κ1) is 15.0. The van der Waals surface area contributed by atoms with Crippen molar-refractivity contribution in [2.75, 3.05) is 0 Å². The van der Waals surface area contributed by atoms with E-state index in [-0.39, 0.29) is 11.6 Å². The van der Waals surface area contributed by atoms with Gasteiger partial charge in [0.05, 0.1) is 0 Å². The van der Waals surface area contributed by atoms with E-state index in [1.807, 2.05) is 67.6 Å². The molecule has 0 saturated carbocycles. The molecule has 0 N–H and O–H groups in total. The fourth-order valence-electron chi connectivity index (χ4n) is 3.84. The van der Waals surface area contributed by atoms with Gasteiger partial charge >= 0.3 is 0 Å². The third-order valence-electron chi connectivity index (χ3n) is 5.12. The number of carbonyl (C=O) groups excluding carboxylic acids is 1. The van der Waals surface area contributed by atoms with Gasteiger partial charge in [0.2, 0.25) is 0 Å². The minimum atomic E-state index is -0.315. The van der Waals surface area contributed by atoms with Crippen LogP contribution in [0.2, 0.25) is 0 Å². The molecule has 0 unspecified atom stereocenters. The second-order valence-electron chi connectivity index (χ2n) is 6.79. The van der Waals surface area contributed by atoms with Crippen molar-refractivity contribution in [3.8, 4) is 22.3 Å². The molecule has 0 radical (unpaired) electrons. The molecule has 2 heteroatoms. The normalized spacial score (nSPS) is 12.3. The predicted octanol–water partition coefficient (Wildman–Crippen LogP) is 6.17. The van der Waals surface area contributed by atoms with Gasteiger partial charge in [-0.25, -0.2) is 4.39 Å². The van der Waals surface area contributed by atoms with Gasteiger partial charge in [0, 0.05) is 22.1 Å². The summed E-state index contributed by atoms with van der Waals surface area (Å²) in [6.07, 6.45) is 0. The number of hydrogen-bond donors (Lipinski definition) is 0. The second kappa shape index (κ2) is 5.37. The topological polar surface area (TPSA) is 17.1 Å². The monoisotopic (exact) mass is 338 g/mol. The molecule has 0 aromatic heterocycles. The van der Waals surface area contributed by atoms with E-state index in [9.17, 15) is 4.79 Å². The molecule has 0 aliphatic heterocycles. The van der Waals surface area contributed by atoms with Gasteiger partial charge < -0.3 is 0 Å². The summed E-state index contributed by atoms with van der Waals surface area (Å²) in [5.41, 5.74) is 5.35. The zero-order valence-corrected chi connectivity index (χ0v) is 14.2. The van der Waals surface area contributed by atoms with Gasteiger partial charge in [0.15, 0.2) is 5.78 Å². The van der Waals surface area contributed by atoms with Crippen LogP contribution in [-0.4, -0.2) is 5.78 Å². The molecule has 4 aromatic carbocycles. The van der Waals surface area contributed by atoms with Crippen molar-refractivity contribution in [1.82, 2.24) is 0 Å². The molecule has 5 rings (SSSR count). The van der Waals surface area contributed by atoms with Crippen LogP contribution in [0.3, 0.4) is 0 Å². The van der Waals surface area contributed by atoms with Gasteiger partial charge in [-0.2, -0.15) is 0 Å². The molecule has 1 aliphatic carbocycles. The van der Waals surface area contributed by atoms with Crippen LogP contribution in [0.4, 0.5) is 4.39 Å². The lowest BCUT2D eigenvalue weighted by Crippen LogP contribution is -1.96. The lowest BCUT2D eigenvalue weighted by molar-refractivity contribution is 0.104. The minimum absolute atomic E-state index is 0.0980. The van der Waals surface area contributed by atoms with E-state index in [1.54, 1.807) is 6.07 Å². The molecule has 0 fully saturated rings. The standard InChI is InChI=1S/C24H15FO/c1-14-5-4-6-15(11-14)16-9-10-17-13-21-22(23(25)20(17)12-16)18-7-2-3-8-19(18)24(21)26/h2-13H,1H3. The van der Waals surface area contributed by atoms with Crippen LogP contribution in [0.15, 0.2) is 72.8 Å². The average Bonchev–Trinajstić information content (AvgIpc) is 2.95. The Morgan fingerprint density at radius 3 is 2.31 bits per heavy atom. The number of hydrogen-bond acceptors (Lipinski definition) is 1. The number of carbonyl (C=O) groups is 1. The Hall–Kier alpha value is -3.26. The largest absolute Gasteiger partial charge is 0.289 e. The van der Waals surface area contributed by atoms with Crippen LogP contribution in [0, 0.1) is 12.7 Å². The molecular weight excluding hydrogens is 323 g/mol. The first-order valence-corrected chi connectivity index (χ1v) is 8.61. The Kier molecular flexibility index (Phi) is 3.10. The zero-order valence-electron chi connectivity index (χ0n) is 14.2. The number of rotatable bonds is 1. The molecule has 0 spiro atoms. The number of fused-ring (bicyclic) bond motifs is 4. The molecule has 4 aromatic rings. The average molecular weight is 338 g/mol. The summed E-state index contributed by atoms with van der Waals surface area (Å²) in [6.45, 7) is 2.04. The fourth-order valence-corrected chi connectivity index (χ4v) is 3.84. The Balaban J connectivity index is 1.79. The third kappa shape index (κ3) is 2.05.